The van der Waals surface area contributed by atoms with E-state index < -0.39 is 28.2 Å². The number of pyridine rings is 1. The van der Waals surface area contributed by atoms with Crippen LogP contribution in [0.5, 0.6) is 11.5 Å². The number of halogens is 1. The van der Waals surface area contributed by atoms with Crippen LogP contribution in [0.15, 0.2) is 36.5 Å². The van der Waals surface area contributed by atoms with Crippen LogP contribution in [0.4, 0.5) is 0 Å². The van der Waals surface area contributed by atoms with Crippen LogP contribution >= 0.6 is 11.6 Å². The summed E-state index contributed by atoms with van der Waals surface area (Å²) in [4.78, 5) is 16.4. The molecule has 8 nitrogen and oxygen atoms in total. The predicted octanol–water partition coefficient (Wildman–Crippen LogP) is 2.70. The Morgan fingerprint density at radius 3 is 2.52 bits per heavy atom. The van der Waals surface area contributed by atoms with Crippen LogP contribution < -0.4 is 4.74 Å². The molecule has 158 valence electrons. The Morgan fingerprint density at radius 2 is 1.97 bits per heavy atom. The lowest BCUT2D eigenvalue weighted by molar-refractivity contribution is -0.156. The maximum Gasteiger partial charge on any atom is 0.347 e. The van der Waals surface area contributed by atoms with Gasteiger partial charge in [0.05, 0.1) is 23.5 Å². The molecule has 2 rings (SSSR count). The van der Waals surface area contributed by atoms with Gasteiger partial charge >= 0.3 is 5.97 Å². The number of nitrogens with zero attached hydrogens (tertiary/aromatic N) is 2. The van der Waals surface area contributed by atoms with Gasteiger partial charge in [0, 0.05) is 18.8 Å². The molecule has 1 heterocycles. The van der Waals surface area contributed by atoms with Crippen LogP contribution in [0.3, 0.4) is 0 Å². The first-order valence-corrected chi connectivity index (χ1v) is 10.9. The number of hydrogen-bond donors (Lipinski definition) is 1. The fourth-order valence-corrected chi connectivity index (χ4v) is 2.98. The number of carbonyl (C=O) groups is 1. The smallest absolute Gasteiger partial charge is 0.347 e. The van der Waals surface area contributed by atoms with Crippen molar-refractivity contribution in [2.24, 2.45) is 0 Å². The molecule has 1 N–H and O–H groups in total. The number of hydrogen-bond acceptors (Lipinski definition) is 7. The molecule has 0 aliphatic heterocycles. The number of rotatable bonds is 8. The number of likely N-dealkylation sites (N-methyl/N-ethyl adjacent to an activating group) is 1. The molecule has 0 fully saturated rings. The maximum absolute atomic E-state index is 12.2. The average molecular weight is 443 g/mol. The van der Waals surface area contributed by atoms with E-state index in [0.29, 0.717) is 16.3 Å². The highest BCUT2D eigenvalue weighted by molar-refractivity contribution is 7.88. The molecule has 0 aliphatic rings. The number of ether oxygens (including phenoxy) is 2. The zero-order chi connectivity index (χ0) is 21.8. The summed E-state index contributed by atoms with van der Waals surface area (Å²) in [6.07, 6.45) is 0.893. The Bertz CT molecular complexity index is 965. The Hall–Kier alpha value is -2.36. The number of sulfonamides is 1. The molecular weight excluding hydrogens is 420 g/mol. The van der Waals surface area contributed by atoms with Gasteiger partial charge < -0.3 is 14.6 Å². The second-order valence-corrected chi connectivity index (χ2v) is 9.12. The second kappa shape index (κ2) is 9.43. The van der Waals surface area contributed by atoms with Crippen molar-refractivity contribution < 1.29 is 27.8 Å². The summed E-state index contributed by atoms with van der Waals surface area (Å²) in [5.74, 6) is -0.737. The molecule has 0 radical (unpaired) electrons. The SMILES string of the molecule is CC(CN(C)S(C)(=O)=O)OC(=O)C(C)Oc1ccc(-c2ccc(Cl)cn2)cc1O. The van der Waals surface area contributed by atoms with Crippen LogP contribution in [-0.2, 0) is 19.6 Å². The van der Waals surface area contributed by atoms with E-state index in [4.69, 9.17) is 21.1 Å². The first-order chi connectivity index (χ1) is 13.5. The van der Waals surface area contributed by atoms with Gasteiger partial charge in [-0.05, 0) is 44.2 Å². The lowest BCUT2D eigenvalue weighted by atomic mass is 10.1. The topological polar surface area (TPSA) is 106 Å². The number of aromatic nitrogens is 1. The first kappa shape index (κ1) is 22.9. The summed E-state index contributed by atoms with van der Waals surface area (Å²) >= 11 is 5.82. The molecule has 1 aromatic heterocycles. The van der Waals surface area contributed by atoms with Gasteiger partial charge in [-0.3, -0.25) is 4.98 Å². The van der Waals surface area contributed by atoms with E-state index in [1.807, 2.05) is 0 Å². The third-order valence-electron chi connectivity index (χ3n) is 4.02. The molecule has 1 aromatic carbocycles. The molecule has 0 amide bonds. The number of carbonyl (C=O) groups excluding carboxylic acids is 1. The fourth-order valence-electron chi connectivity index (χ4n) is 2.39. The number of phenolic OH excluding ortho intramolecular Hbond substituents is 1. The second-order valence-electron chi connectivity index (χ2n) is 6.60. The van der Waals surface area contributed by atoms with Crippen molar-refractivity contribution in [3.05, 3.63) is 41.6 Å². The average Bonchev–Trinajstić information content (AvgIpc) is 2.63. The Balaban J connectivity index is 1.99. The summed E-state index contributed by atoms with van der Waals surface area (Å²) in [6, 6.07) is 8.07. The summed E-state index contributed by atoms with van der Waals surface area (Å²) < 4.78 is 34.7. The van der Waals surface area contributed by atoms with E-state index in [2.05, 4.69) is 4.98 Å². The van der Waals surface area contributed by atoms with E-state index in [1.165, 1.54) is 32.3 Å². The Labute approximate surface area is 175 Å². The molecule has 2 aromatic rings. The molecule has 0 bridgehead atoms. The highest BCUT2D eigenvalue weighted by atomic mass is 35.5. The third-order valence-corrected chi connectivity index (χ3v) is 5.52. The van der Waals surface area contributed by atoms with Crippen molar-refractivity contribution >= 4 is 27.6 Å². The van der Waals surface area contributed by atoms with Crippen molar-refractivity contribution in [2.75, 3.05) is 19.8 Å². The van der Waals surface area contributed by atoms with Gasteiger partial charge in [-0.2, -0.15) is 0 Å². The van der Waals surface area contributed by atoms with Crippen molar-refractivity contribution in [1.29, 1.82) is 0 Å². The number of aromatic hydroxyl groups is 1. The molecule has 0 spiro atoms. The predicted molar refractivity (Wildman–Crippen MR) is 109 cm³/mol. The van der Waals surface area contributed by atoms with Gasteiger partial charge in [0.15, 0.2) is 17.6 Å². The van der Waals surface area contributed by atoms with E-state index in [1.54, 1.807) is 25.1 Å². The minimum atomic E-state index is -3.37. The minimum Gasteiger partial charge on any atom is -0.504 e. The monoisotopic (exact) mass is 442 g/mol. The quantitative estimate of drug-likeness (QED) is 0.626. The van der Waals surface area contributed by atoms with Gasteiger partial charge in [-0.25, -0.2) is 17.5 Å². The highest BCUT2D eigenvalue weighted by Crippen LogP contribution is 2.32. The minimum absolute atomic E-state index is 0.0192. The summed E-state index contributed by atoms with van der Waals surface area (Å²) in [5.41, 5.74) is 1.27. The fraction of sp³-hybridized carbons (Fsp3) is 0.368. The van der Waals surface area contributed by atoms with Gasteiger partial charge in [-0.1, -0.05) is 11.6 Å². The van der Waals surface area contributed by atoms with E-state index in [0.717, 1.165) is 10.6 Å². The van der Waals surface area contributed by atoms with Crippen molar-refractivity contribution in [3.63, 3.8) is 0 Å². The summed E-state index contributed by atoms with van der Waals surface area (Å²) in [7, 11) is -1.97. The molecule has 29 heavy (non-hydrogen) atoms. The van der Waals surface area contributed by atoms with Crippen LogP contribution in [0.2, 0.25) is 5.02 Å². The number of phenols is 1. The highest BCUT2D eigenvalue weighted by Gasteiger charge is 2.23. The molecule has 2 atom stereocenters. The lowest BCUT2D eigenvalue weighted by Crippen LogP contribution is -2.37. The van der Waals surface area contributed by atoms with Crippen LogP contribution in [-0.4, -0.2) is 60.8 Å². The largest absolute Gasteiger partial charge is 0.504 e. The third kappa shape index (κ3) is 6.59. The van der Waals surface area contributed by atoms with Gasteiger partial charge in [-0.15, -0.1) is 0 Å². The molecule has 2 unspecified atom stereocenters. The van der Waals surface area contributed by atoms with E-state index in [9.17, 15) is 18.3 Å². The van der Waals surface area contributed by atoms with Gasteiger partial charge in [0.1, 0.15) is 6.10 Å². The van der Waals surface area contributed by atoms with Crippen molar-refractivity contribution in [3.8, 4) is 22.8 Å². The number of benzene rings is 1. The zero-order valence-electron chi connectivity index (χ0n) is 16.5. The Morgan fingerprint density at radius 1 is 1.28 bits per heavy atom. The van der Waals surface area contributed by atoms with E-state index >= 15 is 0 Å². The maximum atomic E-state index is 12.2. The van der Waals surface area contributed by atoms with Crippen molar-refractivity contribution in [2.45, 2.75) is 26.1 Å². The lowest BCUT2D eigenvalue weighted by Gasteiger charge is -2.22. The zero-order valence-corrected chi connectivity index (χ0v) is 18.1. The van der Waals surface area contributed by atoms with Crippen molar-refractivity contribution in [1.82, 2.24) is 9.29 Å². The first-order valence-electron chi connectivity index (χ1n) is 8.70. The summed E-state index contributed by atoms with van der Waals surface area (Å²) in [6.45, 7) is 3.08. The van der Waals surface area contributed by atoms with E-state index in [-0.39, 0.29) is 18.0 Å². The van der Waals surface area contributed by atoms with Gasteiger partial charge in [0.25, 0.3) is 0 Å². The normalized spacial score (nSPS) is 13.7. The summed E-state index contributed by atoms with van der Waals surface area (Å²) in [5, 5.41) is 10.7. The van der Waals surface area contributed by atoms with Crippen LogP contribution in [0.25, 0.3) is 11.3 Å². The molecule has 0 aliphatic carbocycles. The van der Waals surface area contributed by atoms with Crippen LogP contribution in [0, 0.1) is 0 Å². The molecule has 0 saturated heterocycles. The Kier molecular flexibility index (Phi) is 7.45. The van der Waals surface area contributed by atoms with Crippen LogP contribution in [0.1, 0.15) is 13.8 Å². The standard InChI is InChI=1S/C19H23ClN2O6S/c1-12(11-22(3)29(4,25)26)27-19(24)13(2)28-18-8-5-14(9-17(18)23)16-7-6-15(20)10-21-16/h5-10,12-13,23H,11H2,1-4H3. The molecule has 0 saturated carbocycles. The molecule has 10 heteroatoms. The molecular formula is C19H23ClN2O6S. The number of esters is 1. The van der Waals surface area contributed by atoms with Gasteiger partial charge in [0.2, 0.25) is 10.0 Å².